The van der Waals surface area contributed by atoms with Crippen molar-refractivity contribution in [3.05, 3.63) is 98.7 Å². The van der Waals surface area contributed by atoms with Crippen LogP contribution in [0.25, 0.3) is 5.57 Å². The van der Waals surface area contributed by atoms with E-state index < -0.39 is 29.8 Å². The largest absolute Gasteiger partial charge is 0.423 e. The molecule has 0 bridgehead atoms. The molecule has 2 rings (SSSR count). The number of ether oxygens (including phenoxy) is 5. The van der Waals surface area contributed by atoms with Crippen molar-refractivity contribution in [3.63, 3.8) is 0 Å². The fourth-order valence-electron chi connectivity index (χ4n) is 2.64. The molecule has 0 saturated heterocycles. The van der Waals surface area contributed by atoms with Gasteiger partial charge in [-0.05, 0) is 42.3 Å². The van der Waals surface area contributed by atoms with E-state index in [1.165, 1.54) is 36.4 Å². The molecule has 0 aliphatic heterocycles. The highest BCUT2D eigenvalue weighted by molar-refractivity contribution is 5.93. The molecule has 0 spiro atoms. The fraction of sp³-hybridized carbons (Fsp3) is 0.0357. The van der Waals surface area contributed by atoms with Crippen LogP contribution in [-0.4, -0.2) is 29.8 Å². The monoisotopic (exact) mass is 518 g/mol. The van der Waals surface area contributed by atoms with E-state index >= 15 is 0 Å². The lowest BCUT2D eigenvalue weighted by molar-refractivity contribution is -0.131. The maximum Gasteiger partial charge on any atom is 0.336 e. The number of esters is 5. The van der Waals surface area contributed by atoms with E-state index in [0.717, 1.165) is 30.4 Å². The van der Waals surface area contributed by atoms with Crippen LogP contribution in [-0.2, 0) is 24.0 Å². The molecule has 0 unspecified atom stereocenters. The molecule has 0 fully saturated rings. The van der Waals surface area contributed by atoms with Crippen LogP contribution < -0.4 is 23.7 Å². The van der Waals surface area contributed by atoms with Gasteiger partial charge < -0.3 is 23.7 Å². The van der Waals surface area contributed by atoms with Crippen molar-refractivity contribution < 1.29 is 47.7 Å². The van der Waals surface area contributed by atoms with Gasteiger partial charge >= 0.3 is 29.8 Å². The third kappa shape index (κ3) is 8.31. The lowest BCUT2D eigenvalue weighted by Crippen LogP contribution is -2.10. The predicted octanol–water partition coefficient (Wildman–Crippen LogP) is 4.06. The van der Waals surface area contributed by atoms with Gasteiger partial charge in [0, 0.05) is 36.4 Å². The summed E-state index contributed by atoms with van der Waals surface area (Å²) in [6.07, 6.45) is 4.82. The van der Waals surface area contributed by atoms with E-state index in [1.54, 1.807) is 6.92 Å². The van der Waals surface area contributed by atoms with Crippen molar-refractivity contribution in [1.29, 1.82) is 0 Å². The molecule has 0 atom stereocenters. The van der Waals surface area contributed by atoms with Crippen molar-refractivity contribution in [2.45, 2.75) is 6.92 Å². The van der Waals surface area contributed by atoms with Gasteiger partial charge in [-0.3, -0.25) is 0 Å². The van der Waals surface area contributed by atoms with Crippen molar-refractivity contribution in [2.24, 2.45) is 0 Å². The second kappa shape index (κ2) is 13.5. The van der Waals surface area contributed by atoms with Gasteiger partial charge in [0.25, 0.3) is 0 Å². The van der Waals surface area contributed by atoms with E-state index in [9.17, 15) is 24.0 Å². The molecule has 0 aliphatic rings. The standard InChI is InChI=1S/C28H22O10/c1-6-24(29)35-20-12-10-18(15-22(20)37-26(31)8-3)17(5)14-28(33)34-19-11-13-21(36-25(30)7-2)23(16-19)38-27(32)9-4/h6-16H,1-4H2,5H3/b17-14+. The van der Waals surface area contributed by atoms with Gasteiger partial charge in [0.05, 0.1) is 0 Å². The Morgan fingerprint density at radius 3 is 1.45 bits per heavy atom. The molecule has 2 aromatic carbocycles. The summed E-state index contributed by atoms with van der Waals surface area (Å²) in [4.78, 5) is 59.0. The molecular weight excluding hydrogens is 496 g/mol. The minimum atomic E-state index is -0.838. The summed E-state index contributed by atoms with van der Waals surface area (Å²) in [6.45, 7) is 14.8. The smallest absolute Gasteiger partial charge is 0.336 e. The van der Waals surface area contributed by atoms with E-state index in [1.807, 2.05) is 0 Å². The Morgan fingerprint density at radius 1 is 0.553 bits per heavy atom. The Bertz CT molecular complexity index is 1360. The lowest BCUT2D eigenvalue weighted by Gasteiger charge is -2.12. The molecule has 194 valence electrons. The fourth-order valence-corrected chi connectivity index (χ4v) is 2.64. The molecule has 0 N–H and O–H groups in total. The summed E-state index contributed by atoms with van der Waals surface area (Å²) in [5.74, 6) is -4.51. The van der Waals surface area contributed by atoms with Crippen LogP contribution in [0, 0.1) is 0 Å². The highest BCUT2D eigenvalue weighted by Gasteiger charge is 2.16. The molecule has 10 nitrogen and oxygen atoms in total. The van der Waals surface area contributed by atoms with E-state index in [-0.39, 0.29) is 28.7 Å². The summed E-state index contributed by atoms with van der Waals surface area (Å²) in [5.41, 5.74) is 0.821. The Morgan fingerprint density at radius 2 is 0.974 bits per heavy atom. The number of allylic oxidation sites excluding steroid dienone is 1. The minimum Gasteiger partial charge on any atom is -0.423 e. The number of hydrogen-bond acceptors (Lipinski definition) is 10. The van der Waals surface area contributed by atoms with E-state index in [2.05, 4.69) is 26.3 Å². The molecule has 0 heterocycles. The van der Waals surface area contributed by atoms with Gasteiger partial charge in [-0.25, -0.2) is 24.0 Å². The molecular formula is C28H22O10. The van der Waals surface area contributed by atoms with Gasteiger partial charge in [0.1, 0.15) is 5.75 Å². The Labute approximate surface area is 217 Å². The topological polar surface area (TPSA) is 132 Å². The second-order valence-corrected chi connectivity index (χ2v) is 7.02. The van der Waals surface area contributed by atoms with Gasteiger partial charge in [0.15, 0.2) is 23.0 Å². The first-order chi connectivity index (χ1) is 18.1. The molecule has 0 aliphatic carbocycles. The van der Waals surface area contributed by atoms with Crippen molar-refractivity contribution in [3.8, 4) is 28.7 Å². The zero-order valence-corrected chi connectivity index (χ0v) is 20.3. The maximum atomic E-state index is 12.6. The van der Waals surface area contributed by atoms with Gasteiger partial charge in [-0.15, -0.1) is 0 Å². The Hall–Kier alpha value is -5.51. The number of carbonyl (C=O) groups excluding carboxylic acids is 5. The van der Waals surface area contributed by atoms with Crippen LogP contribution in [0.2, 0.25) is 0 Å². The van der Waals surface area contributed by atoms with Crippen LogP contribution >= 0.6 is 0 Å². The van der Waals surface area contributed by atoms with Gasteiger partial charge in [0.2, 0.25) is 0 Å². The zero-order chi connectivity index (χ0) is 28.2. The van der Waals surface area contributed by atoms with Crippen molar-refractivity contribution >= 4 is 35.4 Å². The third-order valence-electron chi connectivity index (χ3n) is 4.38. The number of hydrogen-bond donors (Lipinski definition) is 0. The number of carbonyl (C=O) groups is 5. The van der Waals surface area contributed by atoms with Crippen LogP contribution in [0.4, 0.5) is 0 Å². The van der Waals surface area contributed by atoms with Crippen LogP contribution in [0.15, 0.2) is 93.1 Å². The van der Waals surface area contributed by atoms with Crippen LogP contribution in [0.3, 0.4) is 0 Å². The first-order valence-electron chi connectivity index (χ1n) is 10.7. The second-order valence-electron chi connectivity index (χ2n) is 7.02. The molecule has 0 amide bonds. The molecule has 0 aromatic heterocycles. The molecule has 10 heteroatoms. The summed E-state index contributed by atoms with van der Waals surface area (Å²) >= 11 is 0. The van der Waals surface area contributed by atoms with Crippen molar-refractivity contribution in [1.82, 2.24) is 0 Å². The zero-order valence-electron chi connectivity index (χ0n) is 20.3. The molecule has 38 heavy (non-hydrogen) atoms. The van der Waals surface area contributed by atoms with Crippen molar-refractivity contribution in [2.75, 3.05) is 0 Å². The first-order valence-corrected chi connectivity index (χ1v) is 10.7. The summed E-state index contributed by atoms with van der Waals surface area (Å²) in [5, 5.41) is 0. The van der Waals surface area contributed by atoms with Gasteiger partial charge in [-0.1, -0.05) is 32.4 Å². The lowest BCUT2D eigenvalue weighted by atomic mass is 10.1. The third-order valence-corrected chi connectivity index (χ3v) is 4.38. The minimum absolute atomic E-state index is 0.0309. The summed E-state index contributed by atoms with van der Waals surface area (Å²) < 4.78 is 25.5. The molecule has 0 radical (unpaired) electrons. The highest BCUT2D eigenvalue weighted by Crippen LogP contribution is 2.33. The normalized spacial score (nSPS) is 10.3. The van der Waals surface area contributed by atoms with Crippen LogP contribution in [0.1, 0.15) is 12.5 Å². The Kier molecular flexibility index (Phi) is 10.2. The summed E-state index contributed by atoms with van der Waals surface area (Å²) in [7, 11) is 0. The molecule has 0 saturated carbocycles. The molecule has 2 aromatic rings. The van der Waals surface area contributed by atoms with E-state index in [4.69, 9.17) is 23.7 Å². The average molecular weight is 518 g/mol. The Balaban J connectivity index is 2.31. The van der Waals surface area contributed by atoms with Gasteiger partial charge in [-0.2, -0.15) is 0 Å². The SMILES string of the molecule is C=CC(=O)Oc1ccc(OC(=O)/C=C(\C)c2ccc(OC(=O)C=C)c(OC(=O)C=C)c2)cc1OC(=O)C=C. The first kappa shape index (κ1) is 28.7. The quantitative estimate of drug-likeness (QED) is 0.244. The predicted molar refractivity (Wildman–Crippen MR) is 135 cm³/mol. The number of benzene rings is 2. The van der Waals surface area contributed by atoms with Crippen LogP contribution in [0.5, 0.6) is 28.7 Å². The highest BCUT2D eigenvalue weighted by atomic mass is 16.6. The average Bonchev–Trinajstić information content (AvgIpc) is 2.90. The number of rotatable bonds is 11. The maximum absolute atomic E-state index is 12.6. The summed E-state index contributed by atoms with van der Waals surface area (Å²) in [6, 6.07) is 8.01. The van der Waals surface area contributed by atoms with E-state index in [0.29, 0.717) is 11.1 Å².